The molecule has 1 heterocycles. The molecule has 0 aromatic heterocycles. The predicted octanol–water partition coefficient (Wildman–Crippen LogP) is 3.92. The first kappa shape index (κ1) is 15.2. The first-order chi connectivity index (χ1) is 9.26. The van der Waals surface area contributed by atoms with Gasteiger partial charge in [-0.2, -0.15) is 13.2 Å². The van der Waals surface area contributed by atoms with Crippen molar-refractivity contribution in [2.45, 2.75) is 26.6 Å². The second kappa shape index (κ2) is 5.68. The molecule has 110 valence electrons. The molecule has 0 saturated heterocycles. The Morgan fingerprint density at radius 3 is 2.40 bits per heavy atom. The summed E-state index contributed by atoms with van der Waals surface area (Å²) in [5.74, 6) is 0.992. The fourth-order valence-corrected chi connectivity index (χ4v) is 2.69. The molecular weight excluding hydrogens is 285 g/mol. The zero-order chi connectivity index (χ0) is 14.8. The van der Waals surface area contributed by atoms with Crippen LogP contribution in [0.25, 0.3) is 0 Å². The van der Waals surface area contributed by atoms with Crippen molar-refractivity contribution in [3.63, 3.8) is 0 Å². The molecule has 20 heavy (non-hydrogen) atoms. The summed E-state index contributed by atoms with van der Waals surface area (Å²) in [5.41, 5.74) is 0.406. The highest BCUT2D eigenvalue weighted by atomic mass is 32.2. The lowest BCUT2D eigenvalue weighted by Gasteiger charge is -2.27. The number of hydrogen-bond donors (Lipinski definition) is 1. The molecule has 0 amide bonds. The van der Waals surface area contributed by atoms with Gasteiger partial charge < -0.3 is 5.32 Å². The van der Waals surface area contributed by atoms with Gasteiger partial charge in [0, 0.05) is 18.8 Å². The molecule has 1 aliphatic rings. The number of halogens is 3. The molecule has 0 bridgehead atoms. The molecule has 0 fully saturated rings. The van der Waals surface area contributed by atoms with Crippen LogP contribution in [0.1, 0.15) is 25.0 Å². The largest absolute Gasteiger partial charge is 0.416 e. The average Bonchev–Trinajstić information content (AvgIpc) is 2.37. The van der Waals surface area contributed by atoms with E-state index in [9.17, 15) is 13.2 Å². The van der Waals surface area contributed by atoms with Crippen molar-refractivity contribution in [2.75, 3.05) is 12.3 Å². The summed E-state index contributed by atoms with van der Waals surface area (Å²) in [7, 11) is 0. The molecule has 1 N–H and O–H groups in total. The number of aliphatic imine (C=N–C) groups is 1. The molecule has 6 heteroatoms. The number of alkyl halides is 3. The van der Waals surface area contributed by atoms with Gasteiger partial charge in [0.25, 0.3) is 0 Å². The molecule has 2 rings (SSSR count). The van der Waals surface area contributed by atoms with E-state index in [0.29, 0.717) is 6.54 Å². The summed E-state index contributed by atoms with van der Waals surface area (Å²) in [5, 5.41) is 4.03. The minimum absolute atomic E-state index is 0.213. The van der Waals surface area contributed by atoms with Crippen LogP contribution < -0.4 is 5.32 Å². The van der Waals surface area contributed by atoms with E-state index in [-0.39, 0.29) is 5.41 Å². The van der Waals surface area contributed by atoms with Gasteiger partial charge in [-0.25, -0.2) is 0 Å². The fourth-order valence-electron chi connectivity index (χ4n) is 1.74. The number of thioether (sulfide) groups is 1. The van der Waals surface area contributed by atoms with Crippen LogP contribution in [-0.4, -0.2) is 17.5 Å². The summed E-state index contributed by atoms with van der Waals surface area (Å²) >= 11 is 1.66. The van der Waals surface area contributed by atoms with Gasteiger partial charge in [0.1, 0.15) is 0 Å². The zero-order valence-corrected chi connectivity index (χ0v) is 12.2. The van der Waals surface area contributed by atoms with Gasteiger partial charge in [0.05, 0.1) is 5.56 Å². The Kier molecular flexibility index (Phi) is 4.32. The Morgan fingerprint density at radius 2 is 1.90 bits per heavy atom. The molecule has 1 aromatic rings. The van der Waals surface area contributed by atoms with Gasteiger partial charge in [0.15, 0.2) is 5.17 Å². The minimum Gasteiger partial charge on any atom is -0.361 e. The normalized spacial score (nSPS) is 18.6. The minimum atomic E-state index is -4.28. The van der Waals surface area contributed by atoms with E-state index < -0.39 is 11.7 Å². The molecule has 2 nitrogen and oxygen atoms in total. The Morgan fingerprint density at radius 1 is 1.25 bits per heavy atom. The maximum Gasteiger partial charge on any atom is 0.416 e. The van der Waals surface area contributed by atoms with Crippen molar-refractivity contribution in [3.05, 3.63) is 35.4 Å². The topological polar surface area (TPSA) is 24.4 Å². The van der Waals surface area contributed by atoms with Crippen LogP contribution >= 0.6 is 11.8 Å². The van der Waals surface area contributed by atoms with E-state index in [2.05, 4.69) is 24.2 Å². The lowest BCUT2D eigenvalue weighted by Crippen LogP contribution is -2.31. The number of amidine groups is 1. The molecular formula is C14H17F3N2S. The van der Waals surface area contributed by atoms with E-state index in [1.165, 1.54) is 12.1 Å². The molecule has 0 radical (unpaired) electrons. The van der Waals surface area contributed by atoms with Crippen molar-refractivity contribution in [3.8, 4) is 0 Å². The van der Waals surface area contributed by atoms with Crippen molar-refractivity contribution >= 4 is 16.9 Å². The standard InChI is InChI=1S/C14H17F3N2S/c1-13(2)8-19-12(20-9-13)18-7-10-3-5-11(6-4-10)14(15,16)17/h3-6H,7-9H2,1-2H3,(H,18,19). The first-order valence-electron chi connectivity index (χ1n) is 6.34. The van der Waals surface area contributed by atoms with Gasteiger partial charge in [-0.05, 0) is 23.1 Å². The van der Waals surface area contributed by atoms with E-state index >= 15 is 0 Å². The molecule has 0 atom stereocenters. The molecule has 0 aliphatic carbocycles. The quantitative estimate of drug-likeness (QED) is 0.895. The lowest BCUT2D eigenvalue weighted by atomic mass is 9.97. The molecule has 1 aliphatic heterocycles. The van der Waals surface area contributed by atoms with Gasteiger partial charge in [-0.3, -0.25) is 4.99 Å². The first-order valence-corrected chi connectivity index (χ1v) is 7.32. The van der Waals surface area contributed by atoms with E-state index in [4.69, 9.17) is 0 Å². The highest BCUT2D eigenvalue weighted by molar-refractivity contribution is 8.13. The average molecular weight is 302 g/mol. The number of hydrogen-bond acceptors (Lipinski definition) is 3. The van der Waals surface area contributed by atoms with Gasteiger partial charge in [-0.15, -0.1) is 0 Å². The highest BCUT2D eigenvalue weighted by Gasteiger charge is 2.30. The van der Waals surface area contributed by atoms with Crippen molar-refractivity contribution in [1.29, 1.82) is 0 Å². The Labute approximate surface area is 120 Å². The third-order valence-corrected chi connectivity index (χ3v) is 4.45. The van der Waals surface area contributed by atoms with Crippen molar-refractivity contribution in [2.24, 2.45) is 10.4 Å². The van der Waals surface area contributed by atoms with Gasteiger partial charge in [-0.1, -0.05) is 37.7 Å². The summed E-state index contributed by atoms with van der Waals surface area (Å²) in [6, 6.07) is 5.20. The number of nitrogens with zero attached hydrogens (tertiary/aromatic N) is 1. The predicted molar refractivity (Wildman–Crippen MR) is 76.8 cm³/mol. The monoisotopic (exact) mass is 302 g/mol. The van der Waals surface area contributed by atoms with Crippen LogP contribution in [0, 0.1) is 5.41 Å². The molecule has 0 saturated carbocycles. The van der Waals surface area contributed by atoms with Crippen LogP contribution in [0.15, 0.2) is 29.3 Å². The smallest absolute Gasteiger partial charge is 0.361 e. The number of benzene rings is 1. The summed E-state index contributed by atoms with van der Waals surface area (Å²) in [4.78, 5) is 4.44. The van der Waals surface area contributed by atoms with E-state index in [0.717, 1.165) is 35.2 Å². The van der Waals surface area contributed by atoms with Gasteiger partial charge >= 0.3 is 6.18 Å². The van der Waals surface area contributed by atoms with Crippen molar-refractivity contribution in [1.82, 2.24) is 5.32 Å². The molecule has 0 unspecified atom stereocenters. The number of rotatable bonds is 2. The second-order valence-corrected chi connectivity index (χ2v) is 6.59. The molecule has 1 aromatic carbocycles. The Bertz CT molecular complexity index is 492. The number of nitrogens with one attached hydrogen (secondary N) is 1. The Balaban J connectivity index is 1.91. The fraction of sp³-hybridized carbons (Fsp3) is 0.500. The maximum atomic E-state index is 12.4. The van der Waals surface area contributed by atoms with Crippen molar-refractivity contribution < 1.29 is 13.2 Å². The molecule has 0 spiro atoms. The lowest BCUT2D eigenvalue weighted by molar-refractivity contribution is -0.137. The third kappa shape index (κ3) is 4.16. The zero-order valence-electron chi connectivity index (χ0n) is 11.4. The second-order valence-electron chi connectivity index (χ2n) is 5.62. The van der Waals surface area contributed by atoms with Gasteiger partial charge in [0.2, 0.25) is 0 Å². The third-order valence-electron chi connectivity index (χ3n) is 2.98. The SMILES string of the molecule is CC1(C)CN=C(NCc2ccc(C(F)(F)F)cc2)SC1. The maximum absolute atomic E-state index is 12.4. The van der Waals surface area contributed by atoms with E-state index in [1.807, 2.05) is 0 Å². The van der Waals surface area contributed by atoms with E-state index in [1.54, 1.807) is 11.8 Å². The van der Waals surface area contributed by atoms with Crippen LogP contribution in [-0.2, 0) is 12.7 Å². The van der Waals surface area contributed by atoms with Crippen LogP contribution in [0.5, 0.6) is 0 Å². The van der Waals surface area contributed by atoms with Crippen LogP contribution in [0.2, 0.25) is 0 Å². The summed E-state index contributed by atoms with van der Waals surface area (Å²) < 4.78 is 37.3. The van der Waals surface area contributed by atoms with Crippen LogP contribution in [0.4, 0.5) is 13.2 Å². The van der Waals surface area contributed by atoms with Crippen LogP contribution in [0.3, 0.4) is 0 Å². The summed E-state index contributed by atoms with van der Waals surface area (Å²) in [6.45, 7) is 5.59. The highest BCUT2D eigenvalue weighted by Crippen LogP contribution is 2.29. The Hall–Kier alpha value is -1.17. The summed E-state index contributed by atoms with van der Waals surface area (Å²) in [6.07, 6.45) is -4.28.